The minimum atomic E-state index is -1.12. The van der Waals surface area contributed by atoms with Gasteiger partial charge in [-0.2, -0.15) is 0 Å². The summed E-state index contributed by atoms with van der Waals surface area (Å²) in [6.07, 6.45) is 4.38. The third kappa shape index (κ3) is 5.25. The van der Waals surface area contributed by atoms with Crippen molar-refractivity contribution in [1.29, 1.82) is 0 Å². The van der Waals surface area contributed by atoms with Crippen LogP contribution < -0.4 is 15.5 Å². The van der Waals surface area contributed by atoms with Crippen molar-refractivity contribution in [2.24, 2.45) is 4.99 Å². The molecule has 2 aromatic rings. The number of guanidine groups is 1. The van der Waals surface area contributed by atoms with Gasteiger partial charge in [0, 0.05) is 25.8 Å². The molecule has 1 fully saturated rings. The van der Waals surface area contributed by atoms with E-state index in [1.807, 2.05) is 26.1 Å². The smallest absolute Gasteiger partial charge is 0.191 e. The normalized spacial score (nSPS) is 16.9. The molecule has 28 heavy (non-hydrogen) atoms. The fraction of sp³-hybridized carbons (Fsp3) is 0.524. The Morgan fingerprint density at radius 3 is 2.64 bits per heavy atom. The summed E-state index contributed by atoms with van der Waals surface area (Å²) in [5.74, 6) is 3.01. The summed E-state index contributed by atoms with van der Waals surface area (Å²) >= 11 is 0. The Hall–Kier alpha value is -2.54. The lowest BCUT2D eigenvalue weighted by atomic mass is 10.0. The fourth-order valence-corrected chi connectivity index (χ4v) is 3.22. The molecular formula is C21H31N5O2. The van der Waals surface area contributed by atoms with E-state index in [-0.39, 0.29) is 6.54 Å². The molecule has 1 aliphatic rings. The molecule has 0 amide bonds. The summed E-state index contributed by atoms with van der Waals surface area (Å²) < 4.78 is 5.56. The van der Waals surface area contributed by atoms with Gasteiger partial charge in [0.25, 0.3) is 0 Å². The van der Waals surface area contributed by atoms with Gasteiger partial charge >= 0.3 is 0 Å². The first-order valence-corrected chi connectivity index (χ1v) is 9.99. The molecule has 0 radical (unpaired) electrons. The molecule has 7 nitrogen and oxygen atoms in total. The molecule has 2 aromatic heterocycles. The summed E-state index contributed by atoms with van der Waals surface area (Å²) in [5, 5.41) is 17.1. The minimum Gasteiger partial charge on any atom is -0.463 e. The van der Waals surface area contributed by atoms with E-state index in [4.69, 9.17) is 4.42 Å². The number of hydrogen-bond donors (Lipinski definition) is 3. The number of aromatic nitrogens is 1. The van der Waals surface area contributed by atoms with Crippen LogP contribution in [0.25, 0.3) is 0 Å². The molecule has 0 spiro atoms. The van der Waals surface area contributed by atoms with Crippen molar-refractivity contribution >= 4 is 11.8 Å². The highest BCUT2D eigenvalue weighted by atomic mass is 16.4. The van der Waals surface area contributed by atoms with Crippen LogP contribution in [-0.4, -0.2) is 42.2 Å². The van der Waals surface area contributed by atoms with Crippen LogP contribution in [0.5, 0.6) is 0 Å². The van der Waals surface area contributed by atoms with Crippen LogP contribution in [0.1, 0.15) is 43.8 Å². The van der Waals surface area contributed by atoms with Crippen molar-refractivity contribution in [3.8, 4) is 0 Å². The zero-order valence-corrected chi connectivity index (χ0v) is 17.0. The van der Waals surface area contributed by atoms with Gasteiger partial charge in [0.2, 0.25) is 0 Å². The molecule has 3 heterocycles. The van der Waals surface area contributed by atoms with E-state index in [2.05, 4.69) is 37.6 Å². The number of rotatable bonds is 7. The van der Waals surface area contributed by atoms with E-state index in [1.165, 1.54) is 12.8 Å². The largest absolute Gasteiger partial charge is 0.463 e. The molecular weight excluding hydrogens is 354 g/mol. The Balaban J connectivity index is 1.59. The van der Waals surface area contributed by atoms with Crippen molar-refractivity contribution in [3.63, 3.8) is 0 Å². The number of nitrogens with zero attached hydrogens (tertiary/aromatic N) is 3. The lowest BCUT2D eigenvalue weighted by Gasteiger charge is -2.22. The van der Waals surface area contributed by atoms with Crippen LogP contribution in [-0.2, 0) is 12.1 Å². The third-order valence-corrected chi connectivity index (χ3v) is 4.87. The highest BCUT2D eigenvalue weighted by Gasteiger charge is 2.27. The molecule has 3 rings (SSSR count). The monoisotopic (exact) mass is 385 g/mol. The van der Waals surface area contributed by atoms with E-state index in [1.54, 1.807) is 13.0 Å². The molecule has 0 bridgehead atoms. The first-order valence-electron chi connectivity index (χ1n) is 9.99. The molecule has 1 saturated heterocycles. The van der Waals surface area contributed by atoms with E-state index < -0.39 is 5.60 Å². The summed E-state index contributed by atoms with van der Waals surface area (Å²) in [4.78, 5) is 11.5. The Bertz CT molecular complexity index is 776. The van der Waals surface area contributed by atoms with Gasteiger partial charge in [0.05, 0.1) is 13.1 Å². The summed E-state index contributed by atoms with van der Waals surface area (Å²) in [6, 6.07) is 7.80. The van der Waals surface area contributed by atoms with Crippen LogP contribution in [0.15, 0.2) is 39.9 Å². The van der Waals surface area contributed by atoms with E-state index >= 15 is 0 Å². The van der Waals surface area contributed by atoms with Crippen LogP contribution >= 0.6 is 0 Å². The van der Waals surface area contributed by atoms with E-state index in [9.17, 15) is 5.11 Å². The van der Waals surface area contributed by atoms with Crippen LogP contribution in [0.3, 0.4) is 0 Å². The number of nitrogens with one attached hydrogen (secondary N) is 2. The number of aliphatic imine (C=N–C) groups is 1. The van der Waals surface area contributed by atoms with Crippen molar-refractivity contribution in [2.75, 3.05) is 31.1 Å². The standard InChI is InChI=1S/C21H31N5O2/c1-4-22-20(25-15-21(3,27)18-9-7-16(2)28-18)24-14-17-8-10-19(23-13-17)26-11-5-6-12-26/h7-10,13,27H,4-6,11-12,14-15H2,1-3H3,(H2,22,24,25). The third-order valence-electron chi connectivity index (χ3n) is 4.87. The fourth-order valence-electron chi connectivity index (χ4n) is 3.22. The first kappa shape index (κ1) is 20.2. The van der Waals surface area contributed by atoms with E-state index in [0.717, 1.165) is 36.8 Å². The van der Waals surface area contributed by atoms with Crippen LogP contribution in [0.2, 0.25) is 0 Å². The number of pyridine rings is 1. The maximum Gasteiger partial charge on any atom is 0.191 e. The number of anilines is 1. The topological polar surface area (TPSA) is 85.9 Å². The lowest BCUT2D eigenvalue weighted by Crippen LogP contribution is -2.44. The second-order valence-corrected chi connectivity index (χ2v) is 7.45. The Labute approximate surface area is 166 Å². The average molecular weight is 386 g/mol. The second kappa shape index (κ2) is 9.10. The highest BCUT2D eigenvalue weighted by Crippen LogP contribution is 2.22. The summed E-state index contributed by atoms with van der Waals surface area (Å²) in [5.41, 5.74) is -0.0720. The molecule has 1 aliphatic heterocycles. The quantitative estimate of drug-likeness (QED) is 0.502. The SMILES string of the molecule is CCNC(=NCc1ccc(N2CCCC2)nc1)NCC(C)(O)c1ccc(C)o1. The predicted molar refractivity (Wildman–Crippen MR) is 112 cm³/mol. The van der Waals surface area contributed by atoms with Crippen LogP contribution in [0.4, 0.5) is 5.82 Å². The van der Waals surface area contributed by atoms with Gasteiger partial charge in [-0.05, 0) is 57.4 Å². The molecule has 152 valence electrons. The number of aryl methyl sites for hydroxylation is 1. The van der Waals surface area contributed by atoms with Crippen molar-refractivity contribution < 1.29 is 9.52 Å². The zero-order chi connectivity index (χ0) is 20.0. The maximum atomic E-state index is 10.7. The van der Waals surface area contributed by atoms with Gasteiger partial charge in [0.1, 0.15) is 22.9 Å². The van der Waals surface area contributed by atoms with Gasteiger partial charge in [-0.1, -0.05) is 6.07 Å². The molecule has 0 saturated carbocycles. The summed E-state index contributed by atoms with van der Waals surface area (Å²) in [6.45, 7) is 9.33. The number of aliphatic hydroxyl groups is 1. The molecule has 1 unspecified atom stereocenters. The number of furan rings is 1. The molecule has 0 aromatic carbocycles. The average Bonchev–Trinajstić information content (AvgIpc) is 3.37. The Morgan fingerprint density at radius 2 is 2.04 bits per heavy atom. The van der Waals surface area contributed by atoms with Gasteiger partial charge in [-0.25, -0.2) is 9.98 Å². The Morgan fingerprint density at radius 1 is 1.25 bits per heavy atom. The Kier molecular flexibility index (Phi) is 6.57. The highest BCUT2D eigenvalue weighted by molar-refractivity contribution is 5.79. The van der Waals surface area contributed by atoms with Crippen molar-refractivity contribution in [3.05, 3.63) is 47.5 Å². The molecule has 7 heteroatoms. The molecule has 0 aliphatic carbocycles. The van der Waals surface area contributed by atoms with Crippen LogP contribution in [0, 0.1) is 6.92 Å². The van der Waals surface area contributed by atoms with E-state index in [0.29, 0.717) is 18.3 Å². The maximum absolute atomic E-state index is 10.7. The molecule has 3 N–H and O–H groups in total. The van der Waals surface area contributed by atoms with Crippen molar-refractivity contribution in [2.45, 2.75) is 45.8 Å². The van der Waals surface area contributed by atoms with Gasteiger partial charge < -0.3 is 25.1 Å². The zero-order valence-electron chi connectivity index (χ0n) is 17.0. The second-order valence-electron chi connectivity index (χ2n) is 7.45. The van der Waals surface area contributed by atoms with Crippen molar-refractivity contribution in [1.82, 2.24) is 15.6 Å². The van der Waals surface area contributed by atoms with Gasteiger partial charge in [-0.3, -0.25) is 0 Å². The van der Waals surface area contributed by atoms with Gasteiger partial charge in [-0.15, -0.1) is 0 Å². The number of hydrogen-bond acceptors (Lipinski definition) is 5. The lowest BCUT2D eigenvalue weighted by molar-refractivity contribution is 0.0378. The minimum absolute atomic E-state index is 0.290. The molecule has 1 atom stereocenters. The summed E-state index contributed by atoms with van der Waals surface area (Å²) in [7, 11) is 0. The predicted octanol–water partition coefficient (Wildman–Crippen LogP) is 2.55. The van der Waals surface area contributed by atoms with Gasteiger partial charge in [0.15, 0.2) is 5.96 Å². The first-order chi connectivity index (χ1) is 13.5.